The van der Waals surface area contributed by atoms with Gasteiger partial charge >= 0.3 is 0 Å². The van der Waals surface area contributed by atoms with E-state index in [4.69, 9.17) is 0 Å². The molecule has 1 aliphatic heterocycles. The molecule has 1 aliphatic rings. The molecule has 4 nitrogen and oxygen atoms in total. The zero-order valence-electron chi connectivity index (χ0n) is 17.3. The quantitative estimate of drug-likeness (QED) is 0.560. The third-order valence-corrected chi connectivity index (χ3v) is 5.48. The van der Waals surface area contributed by atoms with Crippen molar-refractivity contribution in [2.75, 3.05) is 16.8 Å². The molecular weight excluding hydrogens is 398 g/mol. The van der Waals surface area contributed by atoms with E-state index in [9.17, 15) is 18.4 Å². The first kappa shape index (κ1) is 20.5. The molecule has 3 aromatic rings. The molecule has 0 spiro atoms. The van der Waals surface area contributed by atoms with Gasteiger partial charge in [0.15, 0.2) is 0 Å². The third-order valence-electron chi connectivity index (χ3n) is 5.48. The summed E-state index contributed by atoms with van der Waals surface area (Å²) < 4.78 is 28.4. The second-order valence-electron chi connectivity index (χ2n) is 7.46. The molecule has 31 heavy (non-hydrogen) atoms. The Kier molecular flexibility index (Phi) is 5.15. The van der Waals surface area contributed by atoms with Crippen molar-refractivity contribution in [3.63, 3.8) is 0 Å². The minimum atomic E-state index is -0.855. The van der Waals surface area contributed by atoms with Crippen LogP contribution in [0.1, 0.15) is 16.7 Å². The molecule has 2 amide bonds. The molecule has 0 atom stereocenters. The molecule has 0 aliphatic carbocycles. The van der Waals surface area contributed by atoms with E-state index in [2.05, 4.69) is 0 Å². The number of carbonyl (C=O) groups excluding carboxylic acids is 2. The van der Waals surface area contributed by atoms with Crippen molar-refractivity contribution in [1.29, 1.82) is 0 Å². The minimum Gasteiger partial charge on any atom is -0.339 e. The fourth-order valence-corrected chi connectivity index (χ4v) is 3.64. The van der Waals surface area contributed by atoms with Crippen LogP contribution in [-0.4, -0.2) is 18.9 Å². The van der Waals surface area contributed by atoms with Crippen LogP contribution in [0.4, 0.5) is 20.2 Å². The van der Waals surface area contributed by atoms with Gasteiger partial charge in [0.05, 0.1) is 11.3 Å². The van der Waals surface area contributed by atoms with Crippen LogP contribution in [0.15, 0.2) is 72.4 Å². The zero-order valence-corrected chi connectivity index (χ0v) is 17.3. The SMILES string of the molecule is Cc1ccc(C2=C(N(C)c3ccccc3)C(=O)N(c3cc(F)ccc3F)C2=O)cc1C. The Morgan fingerprint density at radius 3 is 2.19 bits per heavy atom. The number of hydrogen-bond donors (Lipinski definition) is 0. The lowest BCUT2D eigenvalue weighted by atomic mass is 9.99. The van der Waals surface area contributed by atoms with E-state index in [1.54, 1.807) is 30.1 Å². The van der Waals surface area contributed by atoms with Crippen LogP contribution < -0.4 is 9.80 Å². The van der Waals surface area contributed by atoms with Crippen LogP contribution >= 0.6 is 0 Å². The molecule has 0 bridgehead atoms. The number of imide groups is 1. The Bertz CT molecular complexity index is 1240. The van der Waals surface area contributed by atoms with E-state index in [0.29, 0.717) is 16.2 Å². The normalized spacial score (nSPS) is 13.9. The van der Waals surface area contributed by atoms with Crippen molar-refractivity contribution in [2.45, 2.75) is 13.8 Å². The van der Waals surface area contributed by atoms with E-state index < -0.39 is 29.1 Å². The van der Waals surface area contributed by atoms with Crippen LogP contribution in [-0.2, 0) is 9.59 Å². The maximum absolute atomic E-state index is 14.5. The lowest BCUT2D eigenvalue weighted by Gasteiger charge is -2.21. The lowest BCUT2D eigenvalue weighted by molar-refractivity contribution is -0.120. The summed E-state index contributed by atoms with van der Waals surface area (Å²) in [6, 6.07) is 17.2. The average molecular weight is 418 g/mol. The Hall–Kier alpha value is -3.80. The van der Waals surface area contributed by atoms with Gasteiger partial charge in [-0.15, -0.1) is 0 Å². The van der Waals surface area contributed by atoms with Gasteiger partial charge in [-0.3, -0.25) is 9.59 Å². The summed E-state index contributed by atoms with van der Waals surface area (Å²) in [5.74, 6) is -3.01. The second-order valence-corrected chi connectivity index (χ2v) is 7.46. The van der Waals surface area contributed by atoms with Crippen molar-refractivity contribution in [3.05, 3.63) is 101 Å². The van der Waals surface area contributed by atoms with Gasteiger partial charge in [0.2, 0.25) is 0 Å². The molecule has 0 unspecified atom stereocenters. The number of hydrogen-bond acceptors (Lipinski definition) is 3. The van der Waals surface area contributed by atoms with Crippen LogP contribution in [0.25, 0.3) is 5.57 Å². The van der Waals surface area contributed by atoms with E-state index in [0.717, 1.165) is 29.3 Å². The first-order valence-corrected chi connectivity index (χ1v) is 9.74. The zero-order chi connectivity index (χ0) is 22.3. The molecule has 156 valence electrons. The van der Waals surface area contributed by atoms with Crippen molar-refractivity contribution >= 4 is 28.8 Å². The number of aryl methyl sites for hydroxylation is 2. The molecule has 1 heterocycles. The van der Waals surface area contributed by atoms with Gasteiger partial charge in [-0.05, 0) is 54.8 Å². The smallest absolute Gasteiger partial charge is 0.282 e. The highest BCUT2D eigenvalue weighted by molar-refractivity contribution is 6.46. The molecule has 0 N–H and O–H groups in total. The van der Waals surface area contributed by atoms with Gasteiger partial charge in [0, 0.05) is 18.8 Å². The topological polar surface area (TPSA) is 40.6 Å². The molecule has 0 fully saturated rings. The van der Waals surface area contributed by atoms with Crippen LogP contribution in [0.3, 0.4) is 0 Å². The average Bonchev–Trinajstić information content (AvgIpc) is 3.02. The number of likely N-dealkylation sites (N-methyl/N-ethyl adjacent to an activating group) is 1. The number of anilines is 2. The molecule has 0 aromatic heterocycles. The molecule has 6 heteroatoms. The predicted molar refractivity (Wildman–Crippen MR) is 117 cm³/mol. The summed E-state index contributed by atoms with van der Waals surface area (Å²) >= 11 is 0. The van der Waals surface area contributed by atoms with Crippen molar-refractivity contribution in [2.24, 2.45) is 0 Å². The number of benzene rings is 3. The molecule has 0 radical (unpaired) electrons. The van der Waals surface area contributed by atoms with Gasteiger partial charge < -0.3 is 4.90 Å². The maximum Gasteiger partial charge on any atom is 0.282 e. The van der Waals surface area contributed by atoms with Crippen LogP contribution in [0, 0.1) is 25.5 Å². The van der Waals surface area contributed by atoms with Crippen molar-refractivity contribution in [1.82, 2.24) is 0 Å². The monoisotopic (exact) mass is 418 g/mol. The summed E-state index contributed by atoms with van der Waals surface area (Å²) in [6.07, 6.45) is 0. The summed E-state index contributed by atoms with van der Waals surface area (Å²) in [5, 5.41) is 0. The minimum absolute atomic E-state index is 0.100. The number of rotatable bonds is 4. The van der Waals surface area contributed by atoms with E-state index in [-0.39, 0.29) is 11.3 Å². The lowest BCUT2D eigenvalue weighted by Crippen LogP contribution is -2.35. The first-order chi connectivity index (χ1) is 14.8. The van der Waals surface area contributed by atoms with E-state index in [1.165, 1.54) is 0 Å². The Balaban J connectivity index is 1.93. The number of halogens is 2. The summed E-state index contributed by atoms with van der Waals surface area (Å²) in [5.41, 5.74) is 3.04. The maximum atomic E-state index is 14.5. The molecule has 0 saturated heterocycles. The third kappa shape index (κ3) is 3.50. The van der Waals surface area contributed by atoms with Crippen LogP contribution in [0.5, 0.6) is 0 Å². The first-order valence-electron chi connectivity index (χ1n) is 9.74. The summed E-state index contributed by atoms with van der Waals surface area (Å²) in [4.78, 5) is 29.2. The molecule has 4 rings (SSSR count). The van der Waals surface area contributed by atoms with Gasteiger partial charge in [-0.2, -0.15) is 0 Å². The summed E-state index contributed by atoms with van der Waals surface area (Å²) in [6.45, 7) is 3.85. The molecule has 0 saturated carbocycles. The largest absolute Gasteiger partial charge is 0.339 e. The van der Waals surface area contributed by atoms with Gasteiger partial charge in [-0.1, -0.05) is 36.4 Å². The van der Waals surface area contributed by atoms with Gasteiger partial charge in [0.1, 0.15) is 17.3 Å². The highest BCUT2D eigenvalue weighted by Gasteiger charge is 2.43. The van der Waals surface area contributed by atoms with Gasteiger partial charge in [-0.25, -0.2) is 13.7 Å². The standard InChI is InChI=1S/C25H20F2N2O2/c1-15-9-10-17(13-16(15)2)22-23(28(3)19-7-5-4-6-8-19)25(31)29(24(22)30)21-14-18(26)11-12-20(21)27/h4-14H,1-3H3. The van der Waals surface area contributed by atoms with Gasteiger partial charge in [0.25, 0.3) is 11.8 Å². The number of carbonyl (C=O) groups is 2. The fourth-order valence-electron chi connectivity index (χ4n) is 3.64. The summed E-state index contributed by atoms with van der Waals surface area (Å²) in [7, 11) is 1.67. The van der Waals surface area contributed by atoms with Crippen LogP contribution in [0.2, 0.25) is 0 Å². The highest BCUT2D eigenvalue weighted by Crippen LogP contribution is 2.37. The number of nitrogens with zero attached hydrogens (tertiary/aromatic N) is 2. The highest BCUT2D eigenvalue weighted by atomic mass is 19.1. The molecule has 3 aromatic carbocycles. The van der Waals surface area contributed by atoms with Crippen molar-refractivity contribution in [3.8, 4) is 0 Å². The second kappa shape index (κ2) is 7.80. The number of amides is 2. The van der Waals surface area contributed by atoms with E-state index >= 15 is 0 Å². The Labute approximate surface area is 179 Å². The fraction of sp³-hybridized carbons (Fsp3) is 0.120. The van der Waals surface area contributed by atoms with Crippen molar-refractivity contribution < 1.29 is 18.4 Å². The Morgan fingerprint density at radius 2 is 1.52 bits per heavy atom. The molecular formula is C25H20F2N2O2. The Morgan fingerprint density at radius 1 is 0.806 bits per heavy atom. The number of para-hydroxylation sites is 1. The predicted octanol–water partition coefficient (Wildman–Crippen LogP) is 5.00. The van der Waals surface area contributed by atoms with E-state index in [1.807, 2.05) is 44.2 Å².